The molecule has 1 amide bonds. The first-order valence-corrected chi connectivity index (χ1v) is 8.04. The van der Waals surface area contributed by atoms with Crippen molar-refractivity contribution < 1.29 is 14.3 Å². The zero-order valence-corrected chi connectivity index (χ0v) is 13.4. The van der Waals surface area contributed by atoms with E-state index in [1.807, 2.05) is 17.5 Å². The molecule has 0 fully saturated rings. The van der Waals surface area contributed by atoms with E-state index < -0.39 is 0 Å². The van der Waals surface area contributed by atoms with E-state index in [0.717, 1.165) is 17.7 Å². The van der Waals surface area contributed by atoms with E-state index in [1.54, 1.807) is 0 Å². The highest BCUT2D eigenvalue weighted by atomic mass is 32.1. The summed E-state index contributed by atoms with van der Waals surface area (Å²) >= 11 is 1.52. The summed E-state index contributed by atoms with van der Waals surface area (Å²) in [6.07, 6.45) is 2.33. The van der Waals surface area contributed by atoms with Gasteiger partial charge in [0.15, 0.2) is 0 Å². The molecule has 0 radical (unpaired) electrons. The predicted octanol–water partition coefficient (Wildman–Crippen LogP) is 2.23. The highest BCUT2D eigenvalue weighted by Gasteiger charge is 2.19. The summed E-state index contributed by atoms with van der Waals surface area (Å²) in [7, 11) is 1.35. The predicted molar refractivity (Wildman–Crippen MR) is 83.9 cm³/mol. The summed E-state index contributed by atoms with van der Waals surface area (Å²) in [5.74, 6) is 0.0629. The highest BCUT2D eigenvalue weighted by molar-refractivity contribution is 7.10. The average Bonchev–Trinajstić information content (AvgIpc) is 2.98. The van der Waals surface area contributed by atoms with Crippen LogP contribution < -0.4 is 11.1 Å². The van der Waals surface area contributed by atoms with Crippen LogP contribution in [0, 0.1) is 5.92 Å². The van der Waals surface area contributed by atoms with Gasteiger partial charge in [-0.1, -0.05) is 13.0 Å². The van der Waals surface area contributed by atoms with Gasteiger partial charge in [0.2, 0.25) is 5.91 Å². The maximum absolute atomic E-state index is 12.0. The molecule has 0 bridgehead atoms. The van der Waals surface area contributed by atoms with E-state index in [2.05, 4.69) is 12.2 Å². The van der Waals surface area contributed by atoms with Gasteiger partial charge in [0, 0.05) is 11.3 Å². The molecule has 0 aliphatic rings. The van der Waals surface area contributed by atoms with Crippen LogP contribution in [-0.4, -0.2) is 25.5 Å². The third kappa shape index (κ3) is 6.73. The standard InChI is InChI=1S/C15H24N2O3S/c1-11(7-8-16)5-6-14(18)17-12(10-15(19)20-2)13-4-3-9-21-13/h3-4,9,11-12H,5-8,10,16H2,1-2H3,(H,17,18). The lowest BCUT2D eigenvalue weighted by Gasteiger charge is -2.17. The molecule has 1 aromatic rings. The van der Waals surface area contributed by atoms with Crippen LogP contribution in [0.25, 0.3) is 0 Å². The molecule has 118 valence electrons. The summed E-state index contributed by atoms with van der Waals surface area (Å²) in [6.45, 7) is 2.73. The van der Waals surface area contributed by atoms with Crippen LogP contribution in [0.1, 0.15) is 43.5 Å². The Labute approximate surface area is 129 Å². The molecule has 0 aromatic carbocycles. The fourth-order valence-corrected chi connectivity index (χ4v) is 2.81. The zero-order valence-electron chi connectivity index (χ0n) is 12.6. The van der Waals surface area contributed by atoms with Crippen molar-refractivity contribution in [2.24, 2.45) is 11.7 Å². The summed E-state index contributed by atoms with van der Waals surface area (Å²) in [4.78, 5) is 24.5. The minimum atomic E-state index is -0.329. The van der Waals surface area contributed by atoms with Crippen molar-refractivity contribution in [3.05, 3.63) is 22.4 Å². The van der Waals surface area contributed by atoms with Crippen LogP contribution in [0.3, 0.4) is 0 Å². The lowest BCUT2D eigenvalue weighted by molar-refractivity contribution is -0.141. The van der Waals surface area contributed by atoms with Gasteiger partial charge in [-0.15, -0.1) is 11.3 Å². The number of rotatable bonds is 9. The topological polar surface area (TPSA) is 81.4 Å². The van der Waals surface area contributed by atoms with Gasteiger partial charge in [-0.2, -0.15) is 0 Å². The van der Waals surface area contributed by atoms with Crippen molar-refractivity contribution in [3.8, 4) is 0 Å². The molecule has 6 heteroatoms. The lowest BCUT2D eigenvalue weighted by atomic mass is 10.0. The Hall–Kier alpha value is -1.40. The molecule has 2 atom stereocenters. The second kappa shape index (κ2) is 9.52. The number of thiophene rings is 1. The number of methoxy groups -OCH3 is 1. The average molecular weight is 312 g/mol. The Morgan fingerprint density at radius 1 is 1.43 bits per heavy atom. The summed E-state index contributed by atoms with van der Waals surface area (Å²) in [5.41, 5.74) is 5.50. The number of hydrogen-bond acceptors (Lipinski definition) is 5. The van der Waals surface area contributed by atoms with Crippen LogP contribution in [0.4, 0.5) is 0 Å². The molecule has 0 spiro atoms. The smallest absolute Gasteiger partial charge is 0.307 e. The lowest BCUT2D eigenvalue weighted by Crippen LogP contribution is -2.30. The summed E-state index contributed by atoms with van der Waals surface area (Å²) in [6, 6.07) is 3.50. The molecular weight excluding hydrogens is 288 g/mol. The van der Waals surface area contributed by atoms with Crippen molar-refractivity contribution in [2.75, 3.05) is 13.7 Å². The van der Waals surface area contributed by atoms with Crippen molar-refractivity contribution in [2.45, 2.75) is 38.6 Å². The molecular formula is C15H24N2O3S. The van der Waals surface area contributed by atoms with Gasteiger partial charge in [-0.25, -0.2) is 0 Å². The van der Waals surface area contributed by atoms with Gasteiger partial charge in [0.05, 0.1) is 19.6 Å². The number of ether oxygens (including phenoxy) is 1. The Balaban J connectivity index is 2.52. The molecule has 1 rings (SSSR count). The molecule has 1 aromatic heterocycles. The van der Waals surface area contributed by atoms with E-state index in [0.29, 0.717) is 18.9 Å². The van der Waals surface area contributed by atoms with Crippen molar-refractivity contribution in [3.63, 3.8) is 0 Å². The van der Waals surface area contributed by atoms with Crippen LogP contribution in [0.15, 0.2) is 17.5 Å². The number of nitrogens with two attached hydrogens (primary N) is 1. The minimum Gasteiger partial charge on any atom is -0.469 e. The first kappa shape index (κ1) is 17.7. The highest BCUT2D eigenvalue weighted by Crippen LogP contribution is 2.23. The van der Waals surface area contributed by atoms with Gasteiger partial charge < -0.3 is 15.8 Å². The Morgan fingerprint density at radius 2 is 2.19 bits per heavy atom. The van der Waals surface area contributed by atoms with Gasteiger partial charge in [-0.05, 0) is 36.8 Å². The molecule has 21 heavy (non-hydrogen) atoms. The largest absolute Gasteiger partial charge is 0.469 e. The molecule has 5 nitrogen and oxygen atoms in total. The van der Waals surface area contributed by atoms with Gasteiger partial charge in [0.1, 0.15) is 0 Å². The number of carbonyl (C=O) groups is 2. The number of nitrogens with one attached hydrogen (secondary N) is 1. The molecule has 2 unspecified atom stereocenters. The number of esters is 1. The normalized spacial score (nSPS) is 13.5. The van der Waals surface area contributed by atoms with Crippen LogP contribution >= 0.6 is 11.3 Å². The maximum atomic E-state index is 12.0. The first-order valence-electron chi connectivity index (χ1n) is 7.16. The van der Waals surface area contributed by atoms with Gasteiger partial charge >= 0.3 is 5.97 Å². The minimum absolute atomic E-state index is 0.0406. The van der Waals surface area contributed by atoms with E-state index in [-0.39, 0.29) is 24.3 Å². The Kier molecular flexibility index (Phi) is 8.00. The molecule has 0 aliphatic heterocycles. The third-order valence-corrected chi connectivity index (χ3v) is 4.33. The second-order valence-electron chi connectivity index (χ2n) is 5.14. The summed E-state index contributed by atoms with van der Waals surface area (Å²) < 4.78 is 4.69. The molecule has 1 heterocycles. The quantitative estimate of drug-likeness (QED) is 0.685. The number of hydrogen-bond donors (Lipinski definition) is 2. The van der Waals surface area contributed by atoms with Crippen molar-refractivity contribution in [1.82, 2.24) is 5.32 Å². The SMILES string of the molecule is COC(=O)CC(NC(=O)CCC(C)CCN)c1cccs1. The third-order valence-electron chi connectivity index (χ3n) is 3.34. The Morgan fingerprint density at radius 3 is 2.76 bits per heavy atom. The monoisotopic (exact) mass is 312 g/mol. The zero-order chi connectivity index (χ0) is 15.7. The second-order valence-corrected chi connectivity index (χ2v) is 6.12. The summed E-state index contributed by atoms with van der Waals surface area (Å²) in [5, 5.41) is 4.85. The molecule has 3 N–H and O–H groups in total. The number of carbonyl (C=O) groups excluding carboxylic acids is 2. The van der Waals surface area contributed by atoms with Gasteiger partial charge in [-0.3, -0.25) is 9.59 Å². The van der Waals surface area contributed by atoms with Gasteiger partial charge in [0.25, 0.3) is 0 Å². The van der Waals surface area contributed by atoms with E-state index in [4.69, 9.17) is 10.5 Å². The van der Waals surface area contributed by atoms with E-state index >= 15 is 0 Å². The van der Waals surface area contributed by atoms with Crippen LogP contribution in [-0.2, 0) is 14.3 Å². The fourth-order valence-electron chi connectivity index (χ4n) is 2.04. The Bertz CT molecular complexity index is 434. The molecule has 0 saturated carbocycles. The fraction of sp³-hybridized carbons (Fsp3) is 0.600. The van der Waals surface area contributed by atoms with E-state index in [9.17, 15) is 9.59 Å². The first-order chi connectivity index (χ1) is 10.1. The molecule has 0 aliphatic carbocycles. The number of amides is 1. The maximum Gasteiger partial charge on any atom is 0.307 e. The van der Waals surface area contributed by atoms with E-state index in [1.165, 1.54) is 18.4 Å². The van der Waals surface area contributed by atoms with Crippen LogP contribution in [0.2, 0.25) is 0 Å². The van der Waals surface area contributed by atoms with Crippen LogP contribution in [0.5, 0.6) is 0 Å². The van der Waals surface area contributed by atoms with Crippen molar-refractivity contribution >= 4 is 23.2 Å². The molecule has 0 saturated heterocycles. The van der Waals surface area contributed by atoms with Crippen molar-refractivity contribution in [1.29, 1.82) is 0 Å².